The van der Waals surface area contributed by atoms with Crippen molar-refractivity contribution in [3.63, 3.8) is 0 Å². The average molecular weight is 227 g/mol. The SMILES string of the molecule is C=C.C=C.CCN.O=[PH]([O-])[O-].[Na+].[Na+]. The molecule has 2 N–H and O–H groups in total. The zero-order chi connectivity index (χ0) is 10.3. The van der Waals surface area contributed by atoms with Gasteiger partial charge in [-0.2, -0.15) is 0 Å². The van der Waals surface area contributed by atoms with E-state index in [0.29, 0.717) is 0 Å². The minimum Gasteiger partial charge on any atom is -0.813 e. The van der Waals surface area contributed by atoms with Crippen LogP contribution in [0, 0.1) is 0 Å². The second-order valence-corrected chi connectivity index (χ2v) is 1.16. The van der Waals surface area contributed by atoms with Gasteiger partial charge >= 0.3 is 59.1 Å². The number of rotatable bonds is 0. The van der Waals surface area contributed by atoms with Gasteiger partial charge in [0.25, 0.3) is 0 Å². The molecule has 0 unspecified atom stereocenters. The first-order valence-electron chi connectivity index (χ1n) is 2.73. The van der Waals surface area contributed by atoms with Crippen molar-refractivity contribution in [2.24, 2.45) is 5.73 Å². The molecular formula is C6H16NNa2O3P. The van der Waals surface area contributed by atoms with Crippen LogP contribution in [0.3, 0.4) is 0 Å². The van der Waals surface area contributed by atoms with Crippen LogP contribution in [-0.2, 0) is 4.57 Å². The molecule has 0 aliphatic rings. The summed E-state index contributed by atoms with van der Waals surface area (Å²) in [7, 11) is -3.63. The predicted octanol–water partition coefficient (Wildman–Crippen LogP) is -6.33. The van der Waals surface area contributed by atoms with Crippen LogP contribution >= 0.6 is 8.25 Å². The minimum atomic E-state index is -3.63. The molecule has 0 aliphatic heterocycles. The van der Waals surface area contributed by atoms with Gasteiger partial charge in [-0.05, 0) is 6.54 Å². The molecule has 0 saturated carbocycles. The average Bonchev–Trinajstić information content (AvgIpc) is 1.96. The van der Waals surface area contributed by atoms with E-state index in [2.05, 4.69) is 26.3 Å². The van der Waals surface area contributed by atoms with E-state index in [-0.39, 0.29) is 59.1 Å². The van der Waals surface area contributed by atoms with E-state index in [1.165, 1.54) is 0 Å². The van der Waals surface area contributed by atoms with E-state index in [4.69, 9.17) is 20.1 Å². The van der Waals surface area contributed by atoms with E-state index in [0.717, 1.165) is 6.54 Å². The Morgan fingerprint density at radius 2 is 1.15 bits per heavy atom. The topological polar surface area (TPSA) is 89.2 Å². The Labute approximate surface area is 126 Å². The molecule has 0 aromatic heterocycles. The van der Waals surface area contributed by atoms with E-state index in [1.807, 2.05) is 6.92 Å². The van der Waals surface area contributed by atoms with Gasteiger partial charge in [-0.15, -0.1) is 26.3 Å². The standard InChI is InChI=1S/C2H7N.2C2H4.2Na.H3O3P/c1-2-3;2*1-2;;;1-4(2)3/h2-3H2,1H3;2*1-2H2;;;4H,(H2,1,2,3)/q;;;2*+1;/p-2. The van der Waals surface area contributed by atoms with Crippen LogP contribution in [0.1, 0.15) is 6.92 Å². The molecule has 70 valence electrons. The summed E-state index contributed by atoms with van der Waals surface area (Å²) in [6, 6.07) is 0. The molecule has 0 atom stereocenters. The summed E-state index contributed by atoms with van der Waals surface area (Å²) in [6.07, 6.45) is 0. The summed E-state index contributed by atoms with van der Waals surface area (Å²) >= 11 is 0. The second-order valence-electron chi connectivity index (χ2n) is 0.658. The van der Waals surface area contributed by atoms with E-state index >= 15 is 0 Å². The molecule has 0 amide bonds. The normalized spacial score (nSPS) is 4.69. The molecule has 0 fully saturated rings. The number of hydrogen-bond acceptors (Lipinski definition) is 4. The third-order valence-corrected chi connectivity index (χ3v) is 0. The fourth-order valence-electron chi connectivity index (χ4n) is 0. The van der Waals surface area contributed by atoms with Crippen LogP contribution in [0.15, 0.2) is 26.3 Å². The minimum absolute atomic E-state index is 0. The zero-order valence-corrected chi connectivity index (χ0v) is 13.8. The summed E-state index contributed by atoms with van der Waals surface area (Å²) in [4.78, 5) is 17.0. The van der Waals surface area contributed by atoms with E-state index in [1.54, 1.807) is 0 Å². The Morgan fingerprint density at radius 3 is 1.15 bits per heavy atom. The fraction of sp³-hybridized carbons (Fsp3) is 0.333. The Balaban J connectivity index is -0.0000000125. The van der Waals surface area contributed by atoms with Gasteiger partial charge in [0.15, 0.2) is 0 Å². The summed E-state index contributed by atoms with van der Waals surface area (Å²) in [6.45, 7) is 14.7. The predicted molar refractivity (Wildman–Crippen MR) is 46.2 cm³/mol. The second kappa shape index (κ2) is 68.9. The molecule has 0 aromatic carbocycles. The first-order chi connectivity index (χ1) is 5.15. The summed E-state index contributed by atoms with van der Waals surface area (Å²) in [5, 5.41) is 0. The molecule has 13 heavy (non-hydrogen) atoms. The molecular weight excluding hydrogens is 211 g/mol. The monoisotopic (exact) mass is 227 g/mol. The first kappa shape index (κ1) is 36.5. The Kier molecular flexibility index (Phi) is 194. The Morgan fingerprint density at radius 1 is 1.15 bits per heavy atom. The molecule has 0 bridgehead atoms. The fourth-order valence-corrected chi connectivity index (χ4v) is 0. The van der Waals surface area contributed by atoms with Crippen molar-refractivity contribution in [1.29, 1.82) is 0 Å². The summed E-state index contributed by atoms with van der Waals surface area (Å²) < 4.78 is 8.52. The third-order valence-electron chi connectivity index (χ3n) is 0. The van der Waals surface area contributed by atoms with Gasteiger partial charge in [-0.3, -0.25) is 0 Å². The van der Waals surface area contributed by atoms with Gasteiger partial charge < -0.3 is 20.1 Å². The molecule has 0 aromatic rings. The summed E-state index contributed by atoms with van der Waals surface area (Å²) in [5.41, 5.74) is 4.85. The van der Waals surface area contributed by atoms with Crippen molar-refractivity contribution in [3.05, 3.63) is 26.3 Å². The largest absolute Gasteiger partial charge is 1.00 e. The van der Waals surface area contributed by atoms with Crippen LogP contribution in [0.2, 0.25) is 0 Å². The summed E-state index contributed by atoms with van der Waals surface area (Å²) in [5.74, 6) is 0. The quantitative estimate of drug-likeness (QED) is 0.253. The van der Waals surface area contributed by atoms with Crippen molar-refractivity contribution < 1.29 is 73.5 Å². The van der Waals surface area contributed by atoms with E-state index < -0.39 is 8.25 Å². The molecule has 0 aliphatic carbocycles. The van der Waals surface area contributed by atoms with Gasteiger partial charge in [0, 0.05) is 0 Å². The molecule has 0 radical (unpaired) electrons. The van der Waals surface area contributed by atoms with Crippen LogP contribution in [0.4, 0.5) is 0 Å². The van der Waals surface area contributed by atoms with Gasteiger partial charge in [0.1, 0.15) is 0 Å². The van der Waals surface area contributed by atoms with Crippen molar-refractivity contribution in [1.82, 2.24) is 0 Å². The van der Waals surface area contributed by atoms with E-state index in [9.17, 15) is 0 Å². The molecule has 4 nitrogen and oxygen atoms in total. The molecule has 0 rings (SSSR count). The van der Waals surface area contributed by atoms with Gasteiger partial charge in [0.2, 0.25) is 0 Å². The van der Waals surface area contributed by atoms with Gasteiger partial charge in [-0.1, -0.05) is 15.2 Å². The third kappa shape index (κ3) is 722. The van der Waals surface area contributed by atoms with Crippen LogP contribution in [-0.4, -0.2) is 6.54 Å². The van der Waals surface area contributed by atoms with Crippen LogP contribution in [0.5, 0.6) is 0 Å². The maximum absolute atomic E-state index is 8.52. The molecule has 7 heteroatoms. The van der Waals surface area contributed by atoms with Crippen molar-refractivity contribution in [2.75, 3.05) is 6.54 Å². The molecule has 0 spiro atoms. The first-order valence-corrected chi connectivity index (χ1v) is 3.95. The Bertz CT molecular complexity index is 72.9. The van der Waals surface area contributed by atoms with Crippen LogP contribution < -0.4 is 74.6 Å². The van der Waals surface area contributed by atoms with Crippen LogP contribution in [0.25, 0.3) is 0 Å². The maximum atomic E-state index is 8.52. The zero-order valence-electron chi connectivity index (χ0n) is 8.84. The number of nitrogens with two attached hydrogens (primary N) is 1. The smallest absolute Gasteiger partial charge is 0.813 e. The van der Waals surface area contributed by atoms with Crippen molar-refractivity contribution in [2.45, 2.75) is 6.92 Å². The van der Waals surface area contributed by atoms with Gasteiger partial charge in [0.05, 0.1) is 0 Å². The van der Waals surface area contributed by atoms with Crippen molar-refractivity contribution in [3.8, 4) is 0 Å². The molecule has 0 heterocycles. The van der Waals surface area contributed by atoms with Crippen molar-refractivity contribution >= 4 is 8.25 Å². The Hall–Kier alpha value is 1.59. The maximum Gasteiger partial charge on any atom is 1.00 e. The number of hydrogen-bond donors (Lipinski definition) is 1. The molecule has 0 saturated heterocycles. The van der Waals surface area contributed by atoms with Gasteiger partial charge in [-0.25, -0.2) is 0 Å².